The summed E-state index contributed by atoms with van der Waals surface area (Å²) in [6.07, 6.45) is 8.12. The molecule has 3 heterocycles. The number of nitrogens with zero attached hydrogens (tertiary/aromatic N) is 5. The molecule has 0 radical (unpaired) electrons. The van der Waals surface area contributed by atoms with E-state index < -0.39 is 0 Å². The lowest BCUT2D eigenvalue weighted by atomic mass is 10.1. The summed E-state index contributed by atoms with van der Waals surface area (Å²) >= 11 is 0. The Balaban J connectivity index is 1.66. The van der Waals surface area contributed by atoms with Gasteiger partial charge in [-0.05, 0) is 19.8 Å². The maximum atomic E-state index is 12.1. The molecule has 0 spiro atoms. The molecule has 1 saturated heterocycles. The standard InChI is InChI=1S/C17H20N6O2/c1-11-6-20-15(10-19-11)17(25)21-8-13-7-18-9-14(22-13)16-4-3-5-23(16)12(2)24/h6-7,9-10,16H,3-5,8H2,1-2H3,(H,21,25)/t16-/m1/s1. The van der Waals surface area contributed by atoms with E-state index in [2.05, 4.69) is 25.3 Å². The minimum atomic E-state index is -0.314. The number of aryl methyl sites for hydroxylation is 1. The van der Waals surface area contributed by atoms with E-state index in [9.17, 15) is 9.59 Å². The number of hydrogen-bond acceptors (Lipinski definition) is 6. The summed E-state index contributed by atoms with van der Waals surface area (Å²) in [5.41, 5.74) is 2.41. The fourth-order valence-corrected chi connectivity index (χ4v) is 2.89. The number of aromatic nitrogens is 4. The quantitative estimate of drug-likeness (QED) is 0.897. The fourth-order valence-electron chi connectivity index (χ4n) is 2.89. The summed E-state index contributed by atoms with van der Waals surface area (Å²) in [6.45, 7) is 4.36. The van der Waals surface area contributed by atoms with Crippen molar-refractivity contribution < 1.29 is 9.59 Å². The van der Waals surface area contributed by atoms with Gasteiger partial charge in [0.1, 0.15) is 5.69 Å². The van der Waals surface area contributed by atoms with E-state index >= 15 is 0 Å². The van der Waals surface area contributed by atoms with Gasteiger partial charge in [0.15, 0.2) is 0 Å². The van der Waals surface area contributed by atoms with Crippen LogP contribution < -0.4 is 5.32 Å². The van der Waals surface area contributed by atoms with Crippen LogP contribution in [-0.4, -0.2) is 43.2 Å². The monoisotopic (exact) mass is 340 g/mol. The summed E-state index contributed by atoms with van der Waals surface area (Å²) in [7, 11) is 0. The Morgan fingerprint density at radius 3 is 2.80 bits per heavy atom. The van der Waals surface area contributed by atoms with Crippen molar-refractivity contribution in [2.24, 2.45) is 0 Å². The molecule has 0 aromatic carbocycles. The summed E-state index contributed by atoms with van der Waals surface area (Å²) in [5.74, 6) is -0.271. The smallest absolute Gasteiger partial charge is 0.271 e. The Morgan fingerprint density at radius 1 is 1.24 bits per heavy atom. The van der Waals surface area contributed by atoms with E-state index in [0.29, 0.717) is 5.69 Å². The van der Waals surface area contributed by atoms with E-state index in [4.69, 9.17) is 0 Å². The highest BCUT2D eigenvalue weighted by atomic mass is 16.2. The molecule has 25 heavy (non-hydrogen) atoms. The minimum absolute atomic E-state index is 0.0383. The molecule has 0 saturated carbocycles. The number of nitrogens with one attached hydrogen (secondary N) is 1. The van der Waals surface area contributed by atoms with Gasteiger partial charge in [0, 0.05) is 19.7 Å². The summed E-state index contributed by atoms with van der Waals surface area (Å²) in [5, 5.41) is 2.76. The van der Waals surface area contributed by atoms with Crippen LogP contribution in [-0.2, 0) is 11.3 Å². The lowest BCUT2D eigenvalue weighted by Gasteiger charge is -2.22. The van der Waals surface area contributed by atoms with Crippen molar-refractivity contribution in [2.45, 2.75) is 39.3 Å². The molecule has 1 aliphatic rings. The maximum Gasteiger partial charge on any atom is 0.271 e. The predicted molar refractivity (Wildman–Crippen MR) is 89.3 cm³/mol. The number of hydrogen-bond donors (Lipinski definition) is 1. The topological polar surface area (TPSA) is 101 Å². The van der Waals surface area contributed by atoms with Gasteiger partial charge in [0.2, 0.25) is 5.91 Å². The normalized spacial score (nSPS) is 16.7. The van der Waals surface area contributed by atoms with Crippen molar-refractivity contribution in [2.75, 3.05) is 6.54 Å². The molecule has 8 heteroatoms. The molecule has 0 aliphatic carbocycles. The fraction of sp³-hybridized carbons (Fsp3) is 0.412. The molecule has 2 aromatic rings. The Kier molecular flexibility index (Phi) is 4.97. The van der Waals surface area contributed by atoms with Gasteiger partial charge in [-0.2, -0.15) is 0 Å². The first-order valence-corrected chi connectivity index (χ1v) is 8.19. The van der Waals surface area contributed by atoms with Crippen LogP contribution in [0, 0.1) is 6.92 Å². The van der Waals surface area contributed by atoms with Crippen LogP contribution in [0.1, 0.15) is 53.4 Å². The first-order valence-electron chi connectivity index (χ1n) is 8.19. The van der Waals surface area contributed by atoms with Crippen molar-refractivity contribution in [3.8, 4) is 0 Å². The third-order valence-corrected chi connectivity index (χ3v) is 4.15. The van der Waals surface area contributed by atoms with Crippen LogP contribution in [0.15, 0.2) is 24.8 Å². The number of carbonyl (C=O) groups is 2. The van der Waals surface area contributed by atoms with Gasteiger partial charge in [-0.15, -0.1) is 0 Å². The lowest BCUT2D eigenvalue weighted by molar-refractivity contribution is -0.129. The summed E-state index contributed by atoms with van der Waals surface area (Å²) < 4.78 is 0. The SMILES string of the molecule is CC(=O)N1CCC[C@@H]1c1cncc(CNC(=O)c2cnc(C)cn2)n1. The van der Waals surface area contributed by atoms with Gasteiger partial charge in [0.25, 0.3) is 5.91 Å². The molecule has 2 aromatic heterocycles. The minimum Gasteiger partial charge on any atom is -0.345 e. The van der Waals surface area contributed by atoms with Crippen molar-refractivity contribution in [3.05, 3.63) is 47.6 Å². The molecule has 1 aliphatic heterocycles. The van der Waals surface area contributed by atoms with Crippen LogP contribution in [0.4, 0.5) is 0 Å². The third kappa shape index (κ3) is 3.96. The van der Waals surface area contributed by atoms with Crippen LogP contribution >= 0.6 is 0 Å². The van der Waals surface area contributed by atoms with Gasteiger partial charge in [-0.3, -0.25) is 24.5 Å². The Labute approximate surface area is 145 Å². The van der Waals surface area contributed by atoms with Crippen LogP contribution in [0.5, 0.6) is 0 Å². The van der Waals surface area contributed by atoms with E-state index in [1.807, 2.05) is 11.8 Å². The average Bonchev–Trinajstić information content (AvgIpc) is 3.11. The third-order valence-electron chi connectivity index (χ3n) is 4.15. The van der Waals surface area contributed by atoms with E-state index in [1.165, 1.54) is 6.20 Å². The number of rotatable bonds is 4. The molecular formula is C17H20N6O2. The van der Waals surface area contributed by atoms with Gasteiger partial charge in [0.05, 0.1) is 48.3 Å². The first kappa shape index (κ1) is 16.9. The maximum absolute atomic E-state index is 12.1. The molecule has 0 unspecified atom stereocenters. The van der Waals surface area contributed by atoms with Crippen molar-refractivity contribution in [3.63, 3.8) is 0 Å². The molecule has 1 fully saturated rings. The van der Waals surface area contributed by atoms with Gasteiger partial charge < -0.3 is 10.2 Å². The second kappa shape index (κ2) is 7.33. The zero-order chi connectivity index (χ0) is 17.8. The van der Waals surface area contributed by atoms with Crippen molar-refractivity contribution in [1.29, 1.82) is 0 Å². The highest BCUT2D eigenvalue weighted by Gasteiger charge is 2.29. The van der Waals surface area contributed by atoms with Gasteiger partial charge >= 0.3 is 0 Å². The molecule has 1 atom stereocenters. The van der Waals surface area contributed by atoms with Crippen LogP contribution in [0.3, 0.4) is 0 Å². The van der Waals surface area contributed by atoms with Crippen LogP contribution in [0.2, 0.25) is 0 Å². The first-order chi connectivity index (χ1) is 12.0. The summed E-state index contributed by atoms with van der Waals surface area (Å²) in [6, 6.07) is -0.0383. The molecular weight excluding hydrogens is 320 g/mol. The Hall–Kier alpha value is -2.90. The second-order valence-corrected chi connectivity index (χ2v) is 6.03. The molecule has 2 amide bonds. The van der Waals surface area contributed by atoms with Crippen molar-refractivity contribution >= 4 is 11.8 Å². The van der Waals surface area contributed by atoms with Gasteiger partial charge in [-0.1, -0.05) is 0 Å². The number of amides is 2. The highest BCUT2D eigenvalue weighted by Crippen LogP contribution is 2.30. The molecule has 130 valence electrons. The van der Waals surface area contributed by atoms with Crippen LogP contribution in [0.25, 0.3) is 0 Å². The molecule has 8 nitrogen and oxygen atoms in total. The Morgan fingerprint density at radius 2 is 2.08 bits per heavy atom. The zero-order valence-corrected chi connectivity index (χ0v) is 14.3. The van der Waals surface area contributed by atoms with E-state index in [-0.39, 0.29) is 30.1 Å². The average molecular weight is 340 g/mol. The molecule has 3 rings (SSSR count). The largest absolute Gasteiger partial charge is 0.345 e. The Bertz CT molecular complexity index is 777. The zero-order valence-electron chi connectivity index (χ0n) is 14.3. The molecule has 1 N–H and O–H groups in total. The second-order valence-electron chi connectivity index (χ2n) is 6.03. The number of likely N-dealkylation sites (tertiary alicyclic amines) is 1. The summed E-state index contributed by atoms with van der Waals surface area (Å²) in [4.78, 5) is 42.5. The lowest BCUT2D eigenvalue weighted by Crippen LogP contribution is -2.29. The van der Waals surface area contributed by atoms with Gasteiger partial charge in [-0.25, -0.2) is 4.98 Å². The molecule has 0 bridgehead atoms. The highest BCUT2D eigenvalue weighted by molar-refractivity contribution is 5.91. The van der Waals surface area contributed by atoms with E-state index in [1.54, 1.807) is 25.5 Å². The van der Waals surface area contributed by atoms with Crippen molar-refractivity contribution in [1.82, 2.24) is 30.2 Å². The van der Waals surface area contributed by atoms with E-state index in [0.717, 1.165) is 30.8 Å². The predicted octanol–water partition coefficient (Wildman–Crippen LogP) is 1.19. The number of carbonyl (C=O) groups excluding carboxylic acids is 2.